The second-order valence-corrected chi connectivity index (χ2v) is 12.1. The van der Waals surface area contributed by atoms with Crippen LogP contribution in [-0.4, -0.2) is 53.7 Å². The van der Waals surface area contributed by atoms with Crippen LogP contribution in [0.1, 0.15) is 67.2 Å². The molecule has 5 rings (SSSR count). The zero-order valence-electron chi connectivity index (χ0n) is 21.9. The van der Waals surface area contributed by atoms with Crippen LogP contribution >= 0.6 is 0 Å². The lowest BCUT2D eigenvalue weighted by atomic mass is 9.46. The van der Waals surface area contributed by atoms with Gasteiger partial charge in [-0.25, -0.2) is 0 Å². The van der Waals surface area contributed by atoms with Crippen LogP contribution in [0.4, 0.5) is 0 Å². The van der Waals surface area contributed by atoms with Gasteiger partial charge in [-0.15, -0.1) is 0 Å². The molecule has 0 amide bonds. The molecule has 5 aliphatic rings. The average Bonchev–Trinajstić information content (AvgIpc) is 3.17. The van der Waals surface area contributed by atoms with Crippen LogP contribution in [0.2, 0.25) is 0 Å². The molecule has 0 aromatic rings. The van der Waals surface area contributed by atoms with E-state index in [9.17, 15) is 19.2 Å². The second kappa shape index (κ2) is 8.09. The Hall–Kier alpha value is -2.32. The van der Waals surface area contributed by atoms with Crippen LogP contribution in [0.25, 0.3) is 0 Å². The van der Waals surface area contributed by atoms with E-state index in [1.807, 2.05) is 6.08 Å². The predicted molar refractivity (Wildman–Crippen MR) is 127 cm³/mol. The first-order valence-electron chi connectivity index (χ1n) is 12.9. The molecule has 4 aliphatic carbocycles. The minimum Gasteiger partial charge on any atom is -0.462 e. The summed E-state index contributed by atoms with van der Waals surface area (Å²) in [6, 6.07) is 0. The van der Waals surface area contributed by atoms with Crippen LogP contribution in [0.5, 0.6) is 0 Å². The van der Waals surface area contributed by atoms with Crippen LogP contribution in [0.15, 0.2) is 23.8 Å². The van der Waals surface area contributed by atoms with Gasteiger partial charge in [-0.2, -0.15) is 0 Å². The van der Waals surface area contributed by atoms with Gasteiger partial charge in [0.25, 0.3) is 0 Å². The van der Waals surface area contributed by atoms with Gasteiger partial charge in [0.1, 0.15) is 6.10 Å². The maximum absolute atomic E-state index is 13.9. The fourth-order valence-corrected chi connectivity index (χ4v) is 8.48. The molecule has 0 aromatic heterocycles. The smallest absolute Gasteiger partial charge is 0.303 e. The number of Topliss-reactive ketones (excluding diaryl/α,β-unsaturated/α-hetero) is 1. The number of allylic oxidation sites excluding steroid dienone is 4. The monoisotopic (exact) mass is 500 g/mol. The molecule has 0 radical (unpaired) electrons. The van der Waals surface area contributed by atoms with Crippen molar-refractivity contribution in [2.75, 3.05) is 6.61 Å². The van der Waals surface area contributed by atoms with E-state index < -0.39 is 47.0 Å². The third kappa shape index (κ3) is 3.47. The Kier molecular flexibility index (Phi) is 5.69. The molecule has 4 fully saturated rings. The third-order valence-corrected chi connectivity index (χ3v) is 9.60. The van der Waals surface area contributed by atoms with Crippen molar-refractivity contribution in [3.05, 3.63) is 23.8 Å². The quantitative estimate of drug-likeness (QED) is 0.541. The molecule has 36 heavy (non-hydrogen) atoms. The average molecular weight is 501 g/mol. The summed E-state index contributed by atoms with van der Waals surface area (Å²) in [6.45, 7) is 10.1. The van der Waals surface area contributed by atoms with Crippen molar-refractivity contribution < 1.29 is 38.1 Å². The zero-order valence-corrected chi connectivity index (χ0v) is 21.9. The highest BCUT2D eigenvalue weighted by atomic mass is 16.8. The summed E-state index contributed by atoms with van der Waals surface area (Å²) in [6.07, 6.45) is 6.95. The summed E-state index contributed by atoms with van der Waals surface area (Å²) < 4.78 is 24.0. The van der Waals surface area contributed by atoms with Gasteiger partial charge in [-0.05, 0) is 63.5 Å². The standard InChI is InChI=1S/C28H36O8/c1-15(29)33-14-22(32)28-23(35-25(3,4)36-28)12-20-19-8-7-17-11-18(31)9-10-26(17,5)24(19)21(34-16(2)30)13-27(20,28)6/h9-11,19-21,23-24H,7-8,12-14H2,1-6H3/t19-,20-,21-,23?,24+,26-,27-,28+/m0/s1. The summed E-state index contributed by atoms with van der Waals surface area (Å²) in [5, 5.41) is 0. The van der Waals surface area contributed by atoms with E-state index in [-0.39, 0.29) is 35.3 Å². The van der Waals surface area contributed by atoms with E-state index in [1.165, 1.54) is 13.8 Å². The third-order valence-electron chi connectivity index (χ3n) is 9.60. The molecule has 1 saturated heterocycles. The number of fused-ring (bicyclic) bond motifs is 7. The van der Waals surface area contributed by atoms with Gasteiger partial charge in [0.2, 0.25) is 5.78 Å². The van der Waals surface area contributed by atoms with Crippen LogP contribution < -0.4 is 0 Å². The Morgan fingerprint density at radius 2 is 1.83 bits per heavy atom. The molecular weight excluding hydrogens is 464 g/mol. The molecule has 0 bridgehead atoms. The lowest BCUT2D eigenvalue weighted by molar-refractivity contribution is -0.229. The number of rotatable bonds is 4. The van der Waals surface area contributed by atoms with E-state index in [2.05, 4.69) is 13.8 Å². The second-order valence-electron chi connectivity index (χ2n) is 12.1. The molecule has 8 nitrogen and oxygen atoms in total. The number of ketones is 2. The summed E-state index contributed by atoms with van der Waals surface area (Å²) >= 11 is 0. The number of carbonyl (C=O) groups excluding carboxylic acids is 4. The van der Waals surface area contributed by atoms with Crippen molar-refractivity contribution in [3.8, 4) is 0 Å². The summed E-state index contributed by atoms with van der Waals surface area (Å²) in [5.41, 5.74) is -1.39. The van der Waals surface area contributed by atoms with Crippen molar-refractivity contribution in [2.24, 2.45) is 28.6 Å². The fourth-order valence-electron chi connectivity index (χ4n) is 8.48. The topological polar surface area (TPSA) is 105 Å². The lowest BCUT2D eigenvalue weighted by Crippen LogP contribution is -2.64. The van der Waals surface area contributed by atoms with Gasteiger partial charge < -0.3 is 18.9 Å². The number of hydrogen-bond acceptors (Lipinski definition) is 8. The van der Waals surface area contributed by atoms with Crippen LogP contribution in [0, 0.1) is 28.6 Å². The summed E-state index contributed by atoms with van der Waals surface area (Å²) in [7, 11) is 0. The first kappa shape index (κ1) is 25.3. The molecule has 1 aliphatic heterocycles. The molecule has 196 valence electrons. The Morgan fingerprint density at radius 1 is 1.11 bits per heavy atom. The van der Waals surface area contributed by atoms with E-state index in [1.54, 1.807) is 26.0 Å². The Morgan fingerprint density at radius 3 is 2.50 bits per heavy atom. The van der Waals surface area contributed by atoms with Gasteiger partial charge in [-0.3, -0.25) is 19.2 Å². The molecule has 0 N–H and O–H groups in total. The molecule has 8 heteroatoms. The molecule has 1 unspecified atom stereocenters. The summed E-state index contributed by atoms with van der Waals surface area (Å²) in [4.78, 5) is 49.9. The Balaban J connectivity index is 1.61. The van der Waals surface area contributed by atoms with Gasteiger partial charge in [0.05, 0.1) is 6.10 Å². The van der Waals surface area contributed by atoms with Crippen LogP contribution in [0.3, 0.4) is 0 Å². The van der Waals surface area contributed by atoms with Gasteiger partial charge in [0.15, 0.2) is 23.8 Å². The first-order valence-corrected chi connectivity index (χ1v) is 12.9. The van der Waals surface area contributed by atoms with Crippen molar-refractivity contribution in [1.29, 1.82) is 0 Å². The predicted octanol–water partition coefficient (Wildman–Crippen LogP) is 3.47. The number of ether oxygens (including phenoxy) is 4. The van der Waals surface area contributed by atoms with Crippen molar-refractivity contribution in [1.82, 2.24) is 0 Å². The van der Waals surface area contributed by atoms with E-state index in [0.29, 0.717) is 12.8 Å². The van der Waals surface area contributed by atoms with Crippen molar-refractivity contribution >= 4 is 23.5 Å². The molecular formula is C28H36O8. The highest BCUT2D eigenvalue weighted by Crippen LogP contribution is 2.70. The number of esters is 2. The number of carbonyl (C=O) groups is 4. The minimum atomic E-state index is -1.32. The maximum atomic E-state index is 13.9. The van der Waals surface area contributed by atoms with E-state index >= 15 is 0 Å². The summed E-state index contributed by atoms with van der Waals surface area (Å²) in [5.74, 6) is -2.10. The molecule has 1 heterocycles. The Bertz CT molecular complexity index is 1090. The molecule has 0 spiro atoms. The first-order chi connectivity index (χ1) is 16.7. The lowest BCUT2D eigenvalue weighted by Gasteiger charge is -2.60. The highest BCUT2D eigenvalue weighted by Gasteiger charge is 2.77. The van der Waals surface area contributed by atoms with Gasteiger partial charge >= 0.3 is 11.9 Å². The Labute approximate surface area is 211 Å². The highest BCUT2D eigenvalue weighted by molar-refractivity contribution is 6.01. The van der Waals surface area contributed by atoms with Crippen molar-refractivity contribution in [2.45, 2.75) is 90.8 Å². The zero-order chi connectivity index (χ0) is 26.3. The van der Waals surface area contributed by atoms with Gasteiger partial charge in [0, 0.05) is 30.6 Å². The van der Waals surface area contributed by atoms with E-state index in [4.69, 9.17) is 18.9 Å². The van der Waals surface area contributed by atoms with Crippen molar-refractivity contribution in [3.63, 3.8) is 0 Å². The largest absolute Gasteiger partial charge is 0.462 e. The van der Waals surface area contributed by atoms with E-state index in [0.717, 1.165) is 18.4 Å². The maximum Gasteiger partial charge on any atom is 0.303 e. The van der Waals surface area contributed by atoms with Gasteiger partial charge in [-0.1, -0.05) is 25.5 Å². The molecule has 8 atom stereocenters. The number of hydrogen-bond donors (Lipinski definition) is 0. The molecule has 0 aromatic carbocycles. The minimum absolute atomic E-state index is 0.0138. The van der Waals surface area contributed by atoms with Crippen LogP contribution in [-0.2, 0) is 38.1 Å². The normalized spacial score (nSPS) is 44.0. The SMILES string of the molecule is CC(=O)OCC(=O)[C@@]12OC(C)(C)OC1C[C@H]1[C@@H]3CCC4=CC(=O)C=C[C@]4(C)[C@H]3[C@@H](OC(C)=O)C[C@@]12C. The molecule has 3 saturated carbocycles. The fraction of sp³-hybridized carbons (Fsp3) is 0.714.